The lowest BCUT2D eigenvalue weighted by Crippen LogP contribution is -2.25. The van der Waals surface area contributed by atoms with Crippen molar-refractivity contribution in [3.05, 3.63) is 69.8 Å². The molecule has 0 aromatic heterocycles. The van der Waals surface area contributed by atoms with Gasteiger partial charge in [0.25, 0.3) is 0 Å². The molecule has 0 fully saturated rings. The molecule has 180 valence electrons. The van der Waals surface area contributed by atoms with E-state index in [0.29, 0.717) is 0 Å². The Balaban J connectivity index is 2.56. The molecule has 0 spiro atoms. The Morgan fingerprint density at radius 2 is 0.912 bits per heavy atom. The van der Waals surface area contributed by atoms with Crippen LogP contribution in [0.25, 0.3) is 0 Å². The Morgan fingerprint density at radius 1 is 0.588 bits per heavy atom. The number of ketones is 1. The van der Waals surface area contributed by atoms with E-state index in [2.05, 4.69) is 0 Å². The van der Waals surface area contributed by atoms with Gasteiger partial charge in [-0.3, -0.25) is 4.79 Å². The number of benzene rings is 2. The third-order valence-electron chi connectivity index (χ3n) is 4.26. The zero-order chi connectivity index (χ0) is 26.0. The molecule has 0 bridgehead atoms. The average Bonchev–Trinajstić information content (AvgIpc) is 2.69. The number of carboxylic acid groups (broad SMARTS) is 2. The number of rotatable bonds is 6. The van der Waals surface area contributed by atoms with E-state index < -0.39 is 40.9 Å². The van der Waals surface area contributed by atoms with Crippen LogP contribution in [0.1, 0.15) is 98.9 Å². The highest BCUT2D eigenvalue weighted by atomic mass is 16.6. The summed E-state index contributed by atoms with van der Waals surface area (Å²) >= 11 is 0. The van der Waals surface area contributed by atoms with Crippen LogP contribution in [0.5, 0.6) is 0 Å². The quantitative estimate of drug-likeness (QED) is 0.468. The highest BCUT2D eigenvalue weighted by Crippen LogP contribution is 2.22. The summed E-state index contributed by atoms with van der Waals surface area (Å²) in [5.74, 6) is -5.26. The Bertz CT molecular complexity index is 1090. The second kappa shape index (κ2) is 9.46. The molecule has 9 heteroatoms. The second-order valence-electron chi connectivity index (χ2n) is 9.46. The monoisotopic (exact) mass is 470 g/mol. The van der Waals surface area contributed by atoms with Crippen LogP contribution in [0.3, 0.4) is 0 Å². The van der Waals surface area contributed by atoms with Gasteiger partial charge in [-0.2, -0.15) is 0 Å². The van der Waals surface area contributed by atoms with Gasteiger partial charge < -0.3 is 19.7 Å². The maximum Gasteiger partial charge on any atom is 0.339 e. The van der Waals surface area contributed by atoms with Gasteiger partial charge in [0.15, 0.2) is 5.78 Å². The third kappa shape index (κ3) is 6.50. The average molecular weight is 470 g/mol. The number of ether oxygens (including phenoxy) is 2. The molecule has 0 saturated carbocycles. The molecular formula is C25H26O9. The van der Waals surface area contributed by atoms with Gasteiger partial charge in [-0.1, -0.05) is 12.1 Å². The van der Waals surface area contributed by atoms with E-state index >= 15 is 0 Å². The molecule has 0 aliphatic rings. The van der Waals surface area contributed by atoms with Gasteiger partial charge in [-0.05, 0) is 65.8 Å². The second-order valence-corrected chi connectivity index (χ2v) is 9.46. The Hall–Kier alpha value is -4.01. The summed E-state index contributed by atoms with van der Waals surface area (Å²) in [5.41, 5.74) is -3.23. The number of aromatic carboxylic acids is 2. The zero-order valence-corrected chi connectivity index (χ0v) is 19.7. The van der Waals surface area contributed by atoms with Crippen molar-refractivity contribution in [2.45, 2.75) is 52.7 Å². The molecule has 2 rings (SSSR count). The van der Waals surface area contributed by atoms with Crippen molar-refractivity contribution < 1.29 is 43.7 Å². The van der Waals surface area contributed by atoms with Gasteiger partial charge in [-0.25, -0.2) is 19.2 Å². The third-order valence-corrected chi connectivity index (χ3v) is 4.26. The molecule has 2 aromatic carbocycles. The summed E-state index contributed by atoms with van der Waals surface area (Å²) in [6, 6.07) is 6.84. The van der Waals surface area contributed by atoms with E-state index in [1.54, 1.807) is 41.5 Å². The van der Waals surface area contributed by atoms with Crippen LogP contribution in [0.15, 0.2) is 36.4 Å². The maximum atomic E-state index is 13.1. The predicted molar refractivity (Wildman–Crippen MR) is 121 cm³/mol. The largest absolute Gasteiger partial charge is 0.478 e. The smallest absolute Gasteiger partial charge is 0.339 e. The van der Waals surface area contributed by atoms with Crippen LogP contribution in [0.4, 0.5) is 0 Å². The lowest BCUT2D eigenvalue weighted by Gasteiger charge is -2.20. The molecule has 0 amide bonds. The first-order chi connectivity index (χ1) is 15.5. The normalized spacial score (nSPS) is 11.5. The number of carbonyl (C=O) groups is 5. The minimum atomic E-state index is -1.38. The highest BCUT2D eigenvalue weighted by Gasteiger charge is 2.27. The molecule has 0 atom stereocenters. The highest BCUT2D eigenvalue weighted by molar-refractivity contribution is 6.13. The standard InChI is InChI=1S/C25H26O9/c1-24(2,3)33-22(31)17-11-13(7-9-15(17)20(27)28)19(26)14-8-10-16(21(29)30)18(12-14)23(32)34-25(4,5)6/h7-12H,1-6H3,(H,27,28)(H,29,30). The first-order valence-electron chi connectivity index (χ1n) is 10.3. The molecule has 0 aliphatic heterocycles. The van der Waals surface area contributed by atoms with E-state index in [1.807, 2.05) is 0 Å². The Labute approximate surface area is 196 Å². The van der Waals surface area contributed by atoms with Crippen molar-refractivity contribution in [2.75, 3.05) is 0 Å². The summed E-state index contributed by atoms with van der Waals surface area (Å²) in [6.07, 6.45) is 0. The number of carbonyl (C=O) groups excluding carboxylic acids is 3. The predicted octanol–water partition coefficient (Wildman–Crippen LogP) is 4.22. The summed E-state index contributed by atoms with van der Waals surface area (Å²) < 4.78 is 10.5. The molecule has 0 aliphatic carbocycles. The van der Waals surface area contributed by atoms with Gasteiger partial charge in [0, 0.05) is 11.1 Å². The summed E-state index contributed by atoms with van der Waals surface area (Å²) in [4.78, 5) is 61.4. The topological polar surface area (TPSA) is 144 Å². The maximum absolute atomic E-state index is 13.1. The van der Waals surface area contributed by atoms with Crippen LogP contribution in [-0.2, 0) is 9.47 Å². The molecule has 2 N–H and O–H groups in total. The molecule has 2 aromatic rings. The number of carboxylic acids is 2. The summed E-state index contributed by atoms with van der Waals surface area (Å²) in [5, 5.41) is 18.9. The fourth-order valence-electron chi connectivity index (χ4n) is 2.91. The van der Waals surface area contributed by atoms with E-state index in [1.165, 1.54) is 12.1 Å². The SMILES string of the molecule is CC(C)(C)OC(=O)c1cc(C(=O)c2ccc(C(=O)O)c(C(=O)OC(C)(C)C)c2)ccc1C(=O)O. The molecule has 0 radical (unpaired) electrons. The summed E-state index contributed by atoms with van der Waals surface area (Å²) in [7, 11) is 0. The van der Waals surface area contributed by atoms with E-state index in [9.17, 15) is 34.2 Å². The van der Waals surface area contributed by atoms with Gasteiger partial charge >= 0.3 is 23.9 Å². The Kier molecular flexibility index (Phi) is 7.30. The lowest BCUT2D eigenvalue weighted by molar-refractivity contribution is 0.00548. The van der Waals surface area contributed by atoms with E-state index in [0.717, 1.165) is 24.3 Å². The van der Waals surface area contributed by atoms with Crippen LogP contribution in [-0.4, -0.2) is 51.1 Å². The van der Waals surface area contributed by atoms with Crippen molar-refractivity contribution >= 4 is 29.7 Å². The minimum Gasteiger partial charge on any atom is -0.478 e. The van der Waals surface area contributed by atoms with Crippen molar-refractivity contribution in [3.63, 3.8) is 0 Å². The number of esters is 2. The zero-order valence-electron chi connectivity index (χ0n) is 19.7. The number of hydrogen-bond acceptors (Lipinski definition) is 7. The van der Waals surface area contributed by atoms with Crippen LogP contribution < -0.4 is 0 Å². The van der Waals surface area contributed by atoms with Gasteiger partial charge in [0.1, 0.15) is 11.2 Å². The fourth-order valence-corrected chi connectivity index (χ4v) is 2.91. The van der Waals surface area contributed by atoms with Crippen molar-refractivity contribution in [1.82, 2.24) is 0 Å². The van der Waals surface area contributed by atoms with Crippen molar-refractivity contribution in [1.29, 1.82) is 0 Å². The van der Waals surface area contributed by atoms with Crippen LogP contribution in [0.2, 0.25) is 0 Å². The van der Waals surface area contributed by atoms with Gasteiger partial charge in [0.05, 0.1) is 22.3 Å². The molecular weight excluding hydrogens is 444 g/mol. The van der Waals surface area contributed by atoms with Crippen LogP contribution >= 0.6 is 0 Å². The first-order valence-corrected chi connectivity index (χ1v) is 10.3. The van der Waals surface area contributed by atoms with Crippen molar-refractivity contribution in [3.8, 4) is 0 Å². The summed E-state index contributed by atoms with van der Waals surface area (Å²) in [6.45, 7) is 9.68. The fraction of sp³-hybridized carbons (Fsp3) is 0.320. The first kappa shape index (κ1) is 26.2. The molecule has 0 unspecified atom stereocenters. The molecule has 0 heterocycles. The molecule has 9 nitrogen and oxygen atoms in total. The Morgan fingerprint density at radius 3 is 1.18 bits per heavy atom. The van der Waals surface area contributed by atoms with E-state index in [-0.39, 0.29) is 33.4 Å². The lowest BCUT2D eigenvalue weighted by atomic mass is 9.95. The van der Waals surface area contributed by atoms with Crippen LogP contribution in [0, 0.1) is 0 Å². The van der Waals surface area contributed by atoms with Crippen molar-refractivity contribution in [2.24, 2.45) is 0 Å². The minimum absolute atomic E-state index is 0.0518. The van der Waals surface area contributed by atoms with Gasteiger partial charge in [0.2, 0.25) is 0 Å². The van der Waals surface area contributed by atoms with Gasteiger partial charge in [-0.15, -0.1) is 0 Å². The molecule has 0 saturated heterocycles. The molecule has 34 heavy (non-hydrogen) atoms. The number of hydrogen-bond donors (Lipinski definition) is 2. The van der Waals surface area contributed by atoms with E-state index in [4.69, 9.17) is 9.47 Å².